The highest BCUT2D eigenvalue weighted by atomic mass is 32.2. The summed E-state index contributed by atoms with van der Waals surface area (Å²) in [5, 5.41) is 27.6. The van der Waals surface area contributed by atoms with Gasteiger partial charge in [0.1, 0.15) is 0 Å². The lowest BCUT2D eigenvalue weighted by atomic mass is 9.41. The van der Waals surface area contributed by atoms with Gasteiger partial charge in [0.05, 0.1) is 23.7 Å². The molecule has 8 fully saturated rings. The standard InChI is InChI=1S/C56H96N2O10S2/c1-35(11-17-49(61)57-27-29-69(63,64)65)43-13-15-45-51-37(31-39-33-41(59)19-23-53(39,3)47(51)21-25-55(43,45)5)9-7-8-10-38-32-40-34-42(60)20-24-54(40,4)48-22-26-56(6)44(14-16-46(56)52(38)48)36(2)12-18-50(62)58-28-30-70(66,67)68/h35-48,51-52,59-60H,7-34H2,1-6H3,(H,57,61)(H,58,62)(H,63,64,65)(H,66,67,68)/t35-,36-,37-,38-,39?,40?,41+,42+,43-,44+,45-,46-,47-,48-,51-,52-,53-,54-,55+,56+/m1/s1. The van der Waals surface area contributed by atoms with Crippen LogP contribution in [0.3, 0.4) is 0 Å². The van der Waals surface area contributed by atoms with Crippen LogP contribution >= 0.6 is 0 Å². The Morgan fingerprint density at radius 2 is 0.886 bits per heavy atom. The van der Waals surface area contributed by atoms with Gasteiger partial charge >= 0.3 is 0 Å². The molecule has 0 radical (unpaired) electrons. The van der Waals surface area contributed by atoms with Crippen molar-refractivity contribution in [1.82, 2.24) is 10.6 Å². The number of carbonyl (C=O) groups is 2. The lowest BCUT2D eigenvalue weighted by molar-refractivity contribution is -0.157. The van der Waals surface area contributed by atoms with E-state index in [1.54, 1.807) is 0 Å². The lowest BCUT2D eigenvalue weighted by Gasteiger charge is -2.64. The number of hydrogen-bond acceptors (Lipinski definition) is 8. The molecule has 8 aliphatic carbocycles. The number of rotatable bonds is 19. The van der Waals surface area contributed by atoms with E-state index in [-0.39, 0.29) is 58.8 Å². The van der Waals surface area contributed by atoms with E-state index >= 15 is 0 Å². The van der Waals surface area contributed by atoms with E-state index in [1.807, 2.05) is 0 Å². The van der Waals surface area contributed by atoms with Crippen molar-refractivity contribution in [3.8, 4) is 0 Å². The number of hydrogen-bond donors (Lipinski definition) is 6. The fourth-order valence-corrected chi connectivity index (χ4v) is 20.8. The maximum absolute atomic E-state index is 12.8. The van der Waals surface area contributed by atoms with Crippen molar-refractivity contribution in [2.24, 2.45) is 105 Å². The van der Waals surface area contributed by atoms with E-state index in [9.17, 15) is 36.6 Å². The zero-order valence-electron chi connectivity index (χ0n) is 44.1. The van der Waals surface area contributed by atoms with Gasteiger partial charge in [0.15, 0.2) is 0 Å². The minimum Gasteiger partial charge on any atom is -0.393 e. The van der Waals surface area contributed by atoms with E-state index in [4.69, 9.17) is 9.11 Å². The summed E-state index contributed by atoms with van der Waals surface area (Å²) in [5.41, 5.74) is 1.02. The van der Waals surface area contributed by atoms with Crippen LogP contribution in [-0.2, 0) is 29.8 Å². The summed E-state index contributed by atoms with van der Waals surface area (Å²) in [6, 6.07) is 0. The molecule has 0 aromatic heterocycles. The summed E-state index contributed by atoms with van der Waals surface area (Å²) in [7, 11) is -8.23. The van der Waals surface area contributed by atoms with Gasteiger partial charge in [-0.15, -0.1) is 0 Å². The highest BCUT2D eigenvalue weighted by Gasteiger charge is 2.64. The maximum atomic E-state index is 12.8. The summed E-state index contributed by atoms with van der Waals surface area (Å²) in [6.45, 7) is 14.9. The number of nitrogens with one attached hydrogen (secondary N) is 2. The van der Waals surface area contributed by atoms with Gasteiger partial charge < -0.3 is 20.8 Å². The van der Waals surface area contributed by atoms with E-state index < -0.39 is 31.7 Å². The van der Waals surface area contributed by atoms with Gasteiger partial charge in [-0.05, 0) is 220 Å². The third kappa shape index (κ3) is 11.3. The fraction of sp³-hybridized carbons (Fsp3) is 0.964. The molecule has 8 saturated carbocycles. The topological polar surface area (TPSA) is 207 Å². The van der Waals surface area contributed by atoms with Crippen LogP contribution < -0.4 is 10.6 Å². The molecule has 0 aromatic carbocycles. The Labute approximate surface area is 423 Å². The number of unbranched alkanes of at least 4 members (excludes halogenated alkanes) is 1. The summed E-state index contributed by atoms with van der Waals surface area (Å²) < 4.78 is 63.0. The molecule has 0 spiro atoms. The maximum Gasteiger partial charge on any atom is 0.266 e. The van der Waals surface area contributed by atoms with E-state index in [2.05, 4.69) is 52.2 Å². The number of fused-ring (bicyclic) bond motifs is 10. The first-order chi connectivity index (χ1) is 32.9. The summed E-state index contributed by atoms with van der Waals surface area (Å²) in [6.07, 6.45) is 25.4. The van der Waals surface area contributed by atoms with E-state index in [0.717, 1.165) is 51.4 Å². The fourth-order valence-electron chi connectivity index (χ4n) is 20.1. The molecule has 0 bridgehead atoms. The summed E-state index contributed by atoms with van der Waals surface area (Å²) in [5.74, 6) is 7.25. The Morgan fingerprint density at radius 1 is 0.529 bits per heavy atom. The predicted molar refractivity (Wildman–Crippen MR) is 274 cm³/mol. The van der Waals surface area contributed by atoms with Crippen molar-refractivity contribution >= 4 is 32.1 Å². The Hall–Kier alpha value is -1.32. The van der Waals surface area contributed by atoms with Gasteiger partial charge in [0, 0.05) is 25.9 Å². The van der Waals surface area contributed by atoms with Gasteiger partial charge in [0.2, 0.25) is 11.8 Å². The Morgan fingerprint density at radius 3 is 1.26 bits per heavy atom. The van der Waals surface area contributed by atoms with Crippen molar-refractivity contribution in [3.05, 3.63) is 0 Å². The normalized spacial score (nSPS) is 44.4. The van der Waals surface area contributed by atoms with Crippen LogP contribution in [0.25, 0.3) is 0 Å². The molecule has 402 valence electrons. The van der Waals surface area contributed by atoms with Crippen LogP contribution in [0, 0.1) is 105 Å². The SMILES string of the molecule is C[C@H](CCC(=O)NCCS(=O)(=O)O)[C@H]1CC[C@@H]2[C@H]3[C@H](CCCC[C@@H]4CC5C[C@@H](O)CC[C@@]5(C)[C@@H]5CC[C@]6(C)[C@H](CC[C@H]6[C@H](C)CCC(=O)NCCS(=O)(=O)O)[C@@H]45)CC4C[C@@H](O)CC[C@@]4(C)[C@@H]3CC[C@]21C. The van der Waals surface area contributed by atoms with E-state index in [0.29, 0.717) is 95.7 Å². The largest absolute Gasteiger partial charge is 0.393 e. The van der Waals surface area contributed by atoms with Crippen LogP contribution in [0.2, 0.25) is 0 Å². The molecule has 2 unspecified atom stereocenters. The van der Waals surface area contributed by atoms with Crippen LogP contribution in [0.1, 0.15) is 196 Å². The Balaban J connectivity index is 0.944. The van der Waals surface area contributed by atoms with Crippen LogP contribution in [0.5, 0.6) is 0 Å². The lowest BCUT2D eigenvalue weighted by Crippen LogP contribution is -2.57. The predicted octanol–water partition coefficient (Wildman–Crippen LogP) is 9.88. The molecular formula is C56H96N2O10S2. The molecule has 0 aliphatic heterocycles. The summed E-state index contributed by atoms with van der Waals surface area (Å²) in [4.78, 5) is 25.5. The quantitative estimate of drug-likeness (QED) is 0.0533. The Kier molecular flexibility index (Phi) is 16.8. The first-order valence-electron chi connectivity index (χ1n) is 28.7. The van der Waals surface area contributed by atoms with Crippen molar-refractivity contribution in [2.45, 2.75) is 208 Å². The van der Waals surface area contributed by atoms with Crippen LogP contribution in [0.4, 0.5) is 0 Å². The second-order valence-corrected chi connectivity index (χ2v) is 30.0. The van der Waals surface area contributed by atoms with Crippen molar-refractivity contribution in [1.29, 1.82) is 0 Å². The first kappa shape index (κ1) is 54.9. The van der Waals surface area contributed by atoms with Gasteiger partial charge in [-0.3, -0.25) is 18.7 Å². The van der Waals surface area contributed by atoms with Crippen LogP contribution in [0.15, 0.2) is 0 Å². The van der Waals surface area contributed by atoms with Gasteiger partial charge in [-0.1, -0.05) is 67.2 Å². The smallest absolute Gasteiger partial charge is 0.266 e. The van der Waals surface area contributed by atoms with Gasteiger partial charge in [-0.2, -0.15) is 16.8 Å². The second-order valence-electron chi connectivity index (χ2n) is 26.9. The molecule has 8 aliphatic rings. The zero-order chi connectivity index (χ0) is 50.6. The number of carbonyl (C=O) groups excluding carboxylic acids is 2. The van der Waals surface area contributed by atoms with Gasteiger partial charge in [-0.25, -0.2) is 0 Å². The molecular weight excluding hydrogens is 925 g/mol. The minimum atomic E-state index is -4.11. The van der Waals surface area contributed by atoms with Gasteiger partial charge in [0.25, 0.3) is 20.2 Å². The number of aliphatic hydroxyl groups is 2. The first-order valence-corrected chi connectivity index (χ1v) is 31.9. The molecule has 12 nitrogen and oxygen atoms in total. The van der Waals surface area contributed by atoms with Crippen molar-refractivity contribution in [3.63, 3.8) is 0 Å². The zero-order valence-corrected chi connectivity index (χ0v) is 45.7. The molecule has 0 saturated heterocycles. The Bertz CT molecular complexity index is 1930. The molecule has 0 aromatic rings. The number of aliphatic hydroxyl groups excluding tert-OH is 2. The van der Waals surface area contributed by atoms with Crippen molar-refractivity contribution in [2.75, 3.05) is 24.6 Å². The highest BCUT2D eigenvalue weighted by Crippen LogP contribution is 2.72. The molecule has 6 N–H and O–H groups in total. The highest BCUT2D eigenvalue weighted by molar-refractivity contribution is 7.86. The second kappa shape index (κ2) is 21.4. The van der Waals surface area contributed by atoms with Crippen LogP contribution in [-0.4, -0.2) is 84.8 Å². The molecule has 8 rings (SSSR count). The molecule has 20 atom stereocenters. The van der Waals surface area contributed by atoms with E-state index in [1.165, 1.54) is 89.9 Å². The molecule has 0 heterocycles. The summed E-state index contributed by atoms with van der Waals surface area (Å²) >= 11 is 0. The third-order valence-corrected chi connectivity index (χ3v) is 25.0. The van der Waals surface area contributed by atoms with Crippen molar-refractivity contribution < 1.29 is 45.7 Å². The molecule has 14 heteroatoms. The molecule has 2 amide bonds. The third-order valence-electron chi connectivity index (χ3n) is 23.6. The average molecular weight is 1020 g/mol. The number of amides is 2. The average Bonchev–Trinajstić information content (AvgIpc) is 3.83. The molecule has 70 heavy (non-hydrogen) atoms. The minimum absolute atomic E-state index is 0.0680. The monoisotopic (exact) mass is 1020 g/mol.